The van der Waals surface area contributed by atoms with E-state index >= 15 is 0 Å². The Morgan fingerprint density at radius 3 is 2.90 bits per heavy atom. The van der Waals surface area contributed by atoms with E-state index in [2.05, 4.69) is 5.32 Å². The van der Waals surface area contributed by atoms with Crippen LogP contribution >= 0.6 is 11.8 Å². The summed E-state index contributed by atoms with van der Waals surface area (Å²) in [7, 11) is 0. The first-order valence-electron chi connectivity index (χ1n) is 6.32. The number of hydrogen-bond donors (Lipinski definition) is 2. The smallest absolute Gasteiger partial charge is 0.234 e. The second-order valence-electron chi connectivity index (χ2n) is 4.40. The van der Waals surface area contributed by atoms with Crippen LogP contribution in [0.1, 0.15) is 0 Å². The lowest BCUT2D eigenvalue weighted by Gasteiger charge is -2.06. The number of ether oxygens (including phenoxy) is 2. The van der Waals surface area contributed by atoms with Crippen molar-refractivity contribution in [2.75, 3.05) is 17.9 Å². The molecule has 1 aliphatic heterocycles. The number of carbonyl (C=O) groups excluding carboxylic acids is 1. The Labute approximate surface area is 125 Å². The van der Waals surface area contributed by atoms with Gasteiger partial charge in [0.25, 0.3) is 0 Å². The van der Waals surface area contributed by atoms with E-state index < -0.39 is 0 Å². The lowest BCUT2D eigenvalue weighted by Crippen LogP contribution is -2.13. The lowest BCUT2D eigenvalue weighted by atomic mass is 10.3. The van der Waals surface area contributed by atoms with Crippen molar-refractivity contribution in [3.63, 3.8) is 0 Å². The van der Waals surface area contributed by atoms with Crippen molar-refractivity contribution in [1.29, 1.82) is 0 Å². The minimum absolute atomic E-state index is 0.123. The number of fused-ring (bicyclic) bond motifs is 1. The Bertz CT molecular complexity index is 674. The third-order valence-electron chi connectivity index (χ3n) is 2.84. The summed E-state index contributed by atoms with van der Waals surface area (Å²) in [6.07, 6.45) is 0. The first-order valence-corrected chi connectivity index (χ1v) is 7.30. The van der Waals surface area contributed by atoms with Crippen molar-refractivity contribution < 1.29 is 19.4 Å². The molecule has 0 aromatic heterocycles. The van der Waals surface area contributed by atoms with Crippen LogP contribution in [0.5, 0.6) is 17.2 Å². The van der Waals surface area contributed by atoms with Gasteiger partial charge in [0.05, 0.1) is 5.75 Å². The molecule has 0 atom stereocenters. The minimum Gasteiger partial charge on any atom is -0.508 e. The van der Waals surface area contributed by atoms with Crippen LogP contribution in [0, 0.1) is 0 Å². The lowest BCUT2D eigenvalue weighted by molar-refractivity contribution is -0.113. The van der Waals surface area contributed by atoms with E-state index in [-0.39, 0.29) is 24.2 Å². The molecule has 0 unspecified atom stereocenters. The third-order valence-corrected chi connectivity index (χ3v) is 3.84. The molecule has 1 heterocycles. The highest BCUT2D eigenvalue weighted by atomic mass is 32.2. The predicted molar refractivity (Wildman–Crippen MR) is 80.0 cm³/mol. The van der Waals surface area contributed by atoms with Crippen LogP contribution < -0.4 is 14.8 Å². The SMILES string of the molecule is O=C(CSc1cccc(O)c1)Nc1ccc2c(c1)OCO2. The number of amides is 1. The molecule has 21 heavy (non-hydrogen) atoms. The molecule has 2 N–H and O–H groups in total. The van der Waals surface area contributed by atoms with Gasteiger partial charge < -0.3 is 19.9 Å². The van der Waals surface area contributed by atoms with E-state index in [1.165, 1.54) is 11.8 Å². The van der Waals surface area contributed by atoms with E-state index in [1.807, 2.05) is 6.07 Å². The molecule has 0 radical (unpaired) electrons. The van der Waals surface area contributed by atoms with Crippen molar-refractivity contribution in [1.82, 2.24) is 0 Å². The van der Waals surface area contributed by atoms with Crippen molar-refractivity contribution in [2.45, 2.75) is 4.90 Å². The molecule has 1 aliphatic rings. The molecule has 0 saturated heterocycles. The maximum atomic E-state index is 11.9. The second kappa shape index (κ2) is 5.97. The molecular weight excluding hydrogens is 290 g/mol. The summed E-state index contributed by atoms with van der Waals surface area (Å²) in [6.45, 7) is 0.208. The highest BCUT2D eigenvalue weighted by Crippen LogP contribution is 2.34. The van der Waals surface area contributed by atoms with Gasteiger partial charge in [0.1, 0.15) is 5.75 Å². The Kier molecular flexibility index (Phi) is 3.87. The zero-order valence-electron chi connectivity index (χ0n) is 11.0. The van der Waals surface area contributed by atoms with E-state index in [1.54, 1.807) is 36.4 Å². The standard InChI is InChI=1S/C15H13NO4S/c17-11-2-1-3-12(7-11)21-8-15(18)16-10-4-5-13-14(6-10)20-9-19-13/h1-7,17H,8-9H2,(H,16,18). The number of aromatic hydroxyl groups is 1. The van der Waals surface area contributed by atoms with Gasteiger partial charge in [-0.2, -0.15) is 0 Å². The normalized spacial score (nSPS) is 12.2. The van der Waals surface area contributed by atoms with Gasteiger partial charge in [0.2, 0.25) is 12.7 Å². The second-order valence-corrected chi connectivity index (χ2v) is 5.45. The van der Waals surface area contributed by atoms with E-state index in [9.17, 15) is 9.90 Å². The van der Waals surface area contributed by atoms with Gasteiger partial charge in [-0.3, -0.25) is 4.79 Å². The molecule has 108 valence electrons. The Morgan fingerprint density at radius 2 is 2.05 bits per heavy atom. The summed E-state index contributed by atoms with van der Waals surface area (Å²) in [5, 5.41) is 12.2. The number of benzene rings is 2. The zero-order valence-corrected chi connectivity index (χ0v) is 11.9. The Hall–Kier alpha value is -2.34. The summed E-state index contributed by atoms with van der Waals surface area (Å²) >= 11 is 1.36. The van der Waals surface area contributed by atoms with Gasteiger partial charge in [-0.25, -0.2) is 0 Å². The molecule has 1 amide bonds. The quantitative estimate of drug-likeness (QED) is 0.850. The molecular formula is C15H13NO4S. The Morgan fingerprint density at radius 1 is 1.19 bits per heavy atom. The van der Waals surface area contributed by atoms with Crippen LogP contribution in [0.2, 0.25) is 0 Å². The number of rotatable bonds is 4. The number of hydrogen-bond acceptors (Lipinski definition) is 5. The summed E-state index contributed by atoms with van der Waals surface area (Å²) in [4.78, 5) is 12.7. The van der Waals surface area contributed by atoms with Crippen LogP contribution in [0.15, 0.2) is 47.4 Å². The molecule has 0 spiro atoms. The summed E-state index contributed by atoms with van der Waals surface area (Å²) in [5.74, 6) is 1.65. The maximum Gasteiger partial charge on any atom is 0.234 e. The van der Waals surface area contributed by atoms with Gasteiger partial charge in [-0.1, -0.05) is 6.07 Å². The van der Waals surface area contributed by atoms with Crippen molar-refractivity contribution >= 4 is 23.4 Å². The molecule has 0 bridgehead atoms. The highest BCUT2D eigenvalue weighted by Gasteiger charge is 2.14. The molecule has 0 fully saturated rings. The number of carbonyl (C=O) groups is 1. The molecule has 3 rings (SSSR count). The first kappa shape index (κ1) is 13.6. The molecule has 6 heteroatoms. The fourth-order valence-corrected chi connectivity index (χ4v) is 2.64. The predicted octanol–water partition coefficient (Wildman–Crippen LogP) is 2.85. The zero-order chi connectivity index (χ0) is 14.7. The first-order chi connectivity index (χ1) is 10.2. The maximum absolute atomic E-state index is 11.9. The van der Waals surface area contributed by atoms with E-state index in [0.29, 0.717) is 17.2 Å². The van der Waals surface area contributed by atoms with Crippen molar-refractivity contribution in [3.8, 4) is 17.2 Å². The third kappa shape index (κ3) is 3.41. The van der Waals surface area contributed by atoms with Crippen LogP contribution in [-0.4, -0.2) is 23.6 Å². The summed E-state index contributed by atoms with van der Waals surface area (Å²) < 4.78 is 10.5. The van der Waals surface area contributed by atoms with Crippen LogP contribution in [0.4, 0.5) is 5.69 Å². The largest absolute Gasteiger partial charge is 0.508 e. The number of phenols is 1. The average Bonchev–Trinajstić information content (AvgIpc) is 2.93. The fourth-order valence-electron chi connectivity index (χ4n) is 1.89. The number of thioether (sulfide) groups is 1. The molecule has 0 aliphatic carbocycles. The minimum atomic E-state index is -0.123. The van der Waals surface area contributed by atoms with Crippen LogP contribution in [0.3, 0.4) is 0 Å². The number of phenolic OH excluding ortho intramolecular Hbond substituents is 1. The van der Waals surface area contributed by atoms with Crippen molar-refractivity contribution in [3.05, 3.63) is 42.5 Å². The van der Waals surface area contributed by atoms with Gasteiger partial charge in [0.15, 0.2) is 11.5 Å². The number of anilines is 1. The van der Waals surface area contributed by atoms with Gasteiger partial charge >= 0.3 is 0 Å². The summed E-state index contributed by atoms with van der Waals surface area (Å²) in [6, 6.07) is 12.1. The monoisotopic (exact) mass is 303 g/mol. The highest BCUT2D eigenvalue weighted by molar-refractivity contribution is 8.00. The van der Waals surface area contributed by atoms with Gasteiger partial charge in [0, 0.05) is 16.6 Å². The molecule has 2 aromatic rings. The van der Waals surface area contributed by atoms with Crippen LogP contribution in [-0.2, 0) is 4.79 Å². The molecule has 5 nitrogen and oxygen atoms in total. The van der Waals surface area contributed by atoms with E-state index in [0.717, 1.165) is 4.90 Å². The van der Waals surface area contributed by atoms with E-state index in [4.69, 9.17) is 9.47 Å². The molecule has 0 saturated carbocycles. The fraction of sp³-hybridized carbons (Fsp3) is 0.133. The number of nitrogens with one attached hydrogen (secondary N) is 1. The molecule has 2 aromatic carbocycles. The van der Waals surface area contributed by atoms with Crippen molar-refractivity contribution in [2.24, 2.45) is 0 Å². The summed E-state index contributed by atoms with van der Waals surface area (Å²) in [5.41, 5.74) is 0.667. The Balaban J connectivity index is 1.57. The topological polar surface area (TPSA) is 67.8 Å². The van der Waals surface area contributed by atoms with Crippen LogP contribution in [0.25, 0.3) is 0 Å². The average molecular weight is 303 g/mol. The van der Waals surface area contributed by atoms with Gasteiger partial charge in [-0.05, 0) is 30.3 Å². The van der Waals surface area contributed by atoms with Gasteiger partial charge in [-0.15, -0.1) is 11.8 Å².